The molecule has 122 valence electrons. The molecule has 2 aliphatic rings. The highest BCUT2D eigenvalue weighted by Gasteiger charge is 2.52. The average Bonchev–Trinajstić information content (AvgIpc) is 3.28. The van der Waals surface area contributed by atoms with Crippen LogP contribution in [0.4, 0.5) is 0 Å². The van der Waals surface area contributed by atoms with Gasteiger partial charge in [-0.05, 0) is 58.3 Å². The van der Waals surface area contributed by atoms with E-state index in [1.165, 1.54) is 0 Å². The first-order chi connectivity index (χ1) is 9.98. The SMILES string of the molecule is COC1CCCC(OCC(NC(C)C)(C(=O)O)C2CC2)C1. The Labute approximate surface area is 127 Å². The van der Waals surface area contributed by atoms with Gasteiger partial charge in [0.15, 0.2) is 0 Å². The lowest BCUT2D eigenvalue weighted by Gasteiger charge is -2.36. The maximum Gasteiger partial charge on any atom is 0.326 e. The van der Waals surface area contributed by atoms with Crippen molar-refractivity contribution < 1.29 is 19.4 Å². The molecule has 2 rings (SSSR count). The monoisotopic (exact) mass is 299 g/mol. The van der Waals surface area contributed by atoms with Crippen LogP contribution in [-0.4, -0.2) is 48.6 Å². The van der Waals surface area contributed by atoms with E-state index in [-0.39, 0.29) is 30.8 Å². The van der Waals surface area contributed by atoms with Gasteiger partial charge in [-0.15, -0.1) is 0 Å². The zero-order valence-corrected chi connectivity index (χ0v) is 13.4. The Hall–Kier alpha value is -0.650. The highest BCUT2D eigenvalue weighted by Crippen LogP contribution is 2.41. The first kappa shape index (κ1) is 16.7. The maximum absolute atomic E-state index is 11.9. The molecule has 0 radical (unpaired) electrons. The van der Waals surface area contributed by atoms with Gasteiger partial charge in [0.25, 0.3) is 0 Å². The van der Waals surface area contributed by atoms with Gasteiger partial charge >= 0.3 is 5.97 Å². The van der Waals surface area contributed by atoms with Gasteiger partial charge in [0.2, 0.25) is 0 Å². The Morgan fingerprint density at radius 1 is 1.29 bits per heavy atom. The molecule has 0 saturated heterocycles. The molecule has 2 fully saturated rings. The quantitative estimate of drug-likeness (QED) is 0.719. The zero-order chi connectivity index (χ0) is 15.5. The van der Waals surface area contributed by atoms with E-state index < -0.39 is 11.5 Å². The second-order valence-corrected chi connectivity index (χ2v) is 6.81. The van der Waals surface area contributed by atoms with Crippen LogP contribution in [0.3, 0.4) is 0 Å². The van der Waals surface area contributed by atoms with E-state index in [9.17, 15) is 9.90 Å². The minimum atomic E-state index is -0.922. The number of carbonyl (C=O) groups is 1. The maximum atomic E-state index is 11.9. The van der Waals surface area contributed by atoms with Crippen LogP contribution in [0, 0.1) is 5.92 Å². The summed E-state index contributed by atoms with van der Waals surface area (Å²) in [5.41, 5.74) is -0.922. The molecule has 5 nitrogen and oxygen atoms in total. The van der Waals surface area contributed by atoms with Gasteiger partial charge in [-0.3, -0.25) is 10.1 Å². The van der Waals surface area contributed by atoms with Crippen molar-refractivity contribution in [1.82, 2.24) is 5.32 Å². The summed E-state index contributed by atoms with van der Waals surface area (Å²) in [6.45, 7) is 4.23. The first-order valence-corrected chi connectivity index (χ1v) is 8.13. The van der Waals surface area contributed by atoms with E-state index in [1.807, 2.05) is 13.8 Å². The number of rotatable bonds is 8. The van der Waals surface area contributed by atoms with Crippen molar-refractivity contribution in [2.75, 3.05) is 13.7 Å². The molecule has 0 aromatic heterocycles. The first-order valence-electron chi connectivity index (χ1n) is 8.13. The van der Waals surface area contributed by atoms with Gasteiger partial charge in [-0.2, -0.15) is 0 Å². The third-order valence-corrected chi connectivity index (χ3v) is 4.66. The molecular formula is C16H29NO4. The summed E-state index contributed by atoms with van der Waals surface area (Å²) in [7, 11) is 1.74. The molecule has 0 aromatic rings. The largest absolute Gasteiger partial charge is 0.480 e. The molecular weight excluding hydrogens is 270 g/mol. The lowest BCUT2D eigenvalue weighted by molar-refractivity contribution is -0.152. The molecule has 0 aromatic carbocycles. The number of carboxylic acids is 1. The third-order valence-electron chi connectivity index (χ3n) is 4.66. The van der Waals surface area contributed by atoms with Crippen LogP contribution in [-0.2, 0) is 14.3 Å². The molecule has 21 heavy (non-hydrogen) atoms. The van der Waals surface area contributed by atoms with Crippen molar-refractivity contribution in [3.05, 3.63) is 0 Å². The predicted molar refractivity (Wildman–Crippen MR) is 80.4 cm³/mol. The van der Waals surface area contributed by atoms with E-state index >= 15 is 0 Å². The molecule has 2 saturated carbocycles. The van der Waals surface area contributed by atoms with Crippen LogP contribution in [0.25, 0.3) is 0 Å². The summed E-state index contributed by atoms with van der Waals surface area (Å²) in [4.78, 5) is 11.9. The van der Waals surface area contributed by atoms with E-state index in [0.717, 1.165) is 38.5 Å². The minimum absolute atomic E-state index is 0.120. The molecule has 2 N–H and O–H groups in total. The highest BCUT2D eigenvalue weighted by molar-refractivity contribution is 5.80. The van der Waals surface area contributed by atoms with Crippen molar-refractivity contribution in [2.45, 2.75) is 76.2 Å². The Morgan fingerprint density at radius 2 is 1.95 bits per heavy atom. The van der Waals surface area contributed by atoms with Crippen LogP contribution in [0.15, 0.2) is 0 Å². The molecule has 0 amide bonds. The summed E-state index contributed by atoms with van der Waals surface area (Å²) < 4.78 is 11.4. The number of aliphatic carboxylic acids is 1. The lowest BCUT2D eigenvalue weighted by atomic mass is 9.91. The summed E-state index contributed by atoms with van der Waals surface area (Å²) >= 11 is 0. The van der Waals surface area contributed by atoms with E-state index in [0.29, 0.717) is 0 Å². The Kier molecular flexibility index (Phi) is 5.63. The summed E-state index contributed by atoms with van der Waals surface area (Å²) in [6.07, 6.45) is 6.36. The van der Waals surface area contributed by atoms with Gasteiger partial charge in [-0.25, -0.2) is 0 Å². The van der Waals surface area contributed by atoms with Gasteiger partial charge in [0.05, 0.1) is 18.8 Å². The van der Waals surface area contributed by atoms with Crippen molar-refractivity contribution >= 4 is 5.97 Å². The smallest absolute Gasteiger partial charge is 0.326 e. The average molecular weight is 299 g/mol. The third kappa shape index (κ3) is 4.18. The van der Waals surface area contributed by atoms with Crippen molar-refractivity contribution in [3.8, 4) is 0 Å². The zero-order valence-electron chi connectivity index (χ0n) is 13.4. The van der Waals surface area contributed by atoms with Crippen molar-refractivity contribution in [3.63, 3.8) is 0 Å². The number of methoxy groups -OCH3 is 1. The Balaban J connectivity index is 1.96. The number of nitrogens with one attached hydrogen (secondary N) is 1. The number of hydrogen-bond donors (Lipinski definition) is 2. The Morgan fingerprint density at radius 3 is 2.48 bits per heavy atom. The molecule has 2 aliphatic carbocycles. The summed E-state index contributed by atoms with van der Waals surface area (Å²) in [5.74, 6) is -0.586. The van der Waals surface area contributed by atoms with Crippen LogP contribution in [0.1, 0.15) is 52.4 Å². The Bertz CT molecular complexity index is 356. The van der Waals surface area contributed by atoms with E-state index in [2.05, 4.69) is 5.32 Å². The van der Waals surface area contributed by atoms with E-state index in [4.69, 9.17) is 9.47 Å². The van der Waals surface area contributed by atoms with Gasteiger partial charge in [-0.1, -0.05) is 0 Å². The molecule has 0 bridgehead atoms. The fraction of sp³-hybridized carbons (Fsp3) is 0.938. The molecule has 5 heteroatoms. The highest BCUT2D eigenvalue weighted by atomic mass is 16.5. The minimum Gasteiger partial charge on any atom is -0.480 e. The summed E-state index contributed by atoms with van der Waals surface area (Å²) in [5, 5.41) is 13.0. The second-order valence-electron chi connectivity index (χ2n) is 6.81. The van der Waals surface area contributed by atoms with Gasteiger partial charge in [0.1, 0.15) is 5.54 Å². The normalized spacial score (nSPS) is 29.3. The van der Waals surface area contributed by atoms with Crippen LogP contribution in [0.5, 0.6) is 0 Å². The number of carboxylic acid groups (broad SMARTS) is 1. The van der Waals surface area contributed by atoms with Gasteiger partial charge in [0, 0.05) is 13.2 Å². The molecule has 3 atom stereocenters. The fourth-order valence-electron chi connectivity index (χ4n) is 3.38. The van der Waals surface area contributed by atoms with Crippen molar-refractivity contribution in [2.24, 2.45) is 5.92 Å². The van der Waals surface area contributed by atoms with Crippen LogP contribution >= 0.6 is 0 Å². The second kappa shape index (κ2) is 7.07. The standard InChI is InChI=1S/C16H29NO4/c1-11(2)17-16(15(18)19,12-7-8-12)10-21-14-6-4-5-13(9-14)20-3/h11-14,17H,4-10H2,1-3H3,(H,18,19). The lowest BCUT2D eigenvalue weighted by Crippen LogP contribution is -2.60. The van der Waals surface area contributed by atoms with Crippen LogP contribution in [0.2, 0.25) is 0 Å². The summed E-state index contributed by atoms with van der Waals surface area (Å²) in [6, 6.07) is 0.128. The van der Waals surface area contributed by atoms with Gasteiger partial charge < -0.3 is 14.6 Å². The van der Waals surface area contributed by atoms with Crippen molar-refractivity contribution in [1.29, 1.82) is 0 Å². The van der Waals surface area contributed by atoms with E-state index in [1.54, 1.807) is 7.11 Å². The fourth-order valence-corrected chi connectivity index (χ4v) is 3.38. The topological polar surface area (TPSA) is 67.8 Å². The molecule has 0 aliphatic heterocycles. The molecule has 0 spiro atoms. The predicted octanol–water partition coefficient (Wildman–Crippen LogP) is 2.19. The molecule has 0 heterocycles. The molecule has 3 unspecified atom stereocenters. The van der Waals surface area contributed by atoms with Crippen LogP contribution < -0.4 is 5.32 Å². The number of hydrogen-bond acceptors (Lipinski definition) is 4. The number of ether oxygens (including phenoxy) is 2.